The third kappa shape index (κ3) is 4.83. The quantitative estimate of drug-likeness (QED) is 0.544. The van der Waals surface area contributed by atoms with Crippen molar-refractivity contribution in [3.05, 3.63) is 0 Å². The van der Waals surface area contributed by atoms with E-state index >= 15 is 0 Å². The summed E-state index contributed by atoms with van der Waals surface area (Å²) in [6, 6.07) is 0.750. The minimum Gasteiger partial charge on any atom is -0.301 e. The van der Waals surface area contributed by atoms with E-state index in [-0.39, 0.29) is 0 Å². The van der Waals surface area contributed by atoms with Crippen LogP contribution in [0.3, 0.4) is 0 Å². The molecule has 1 unspecified atom stereocenters. The second kappa shape index (κ2) is 7.64. The summed E-state index contributed by atoms with van der Waals surface area (Å²) in [5.74, 6) is 0. The molecule has 1 aliphatic rings. The average Bonchev–Trinajstić information content (AvgIpc) is 2.25. The first-order valence-corrected chi connectivity index (χ1v) is 7.42. The summed E-state index contributed by atoms with van der Waals surface area (Å²) >= 11 is 3.48. The Morgan fingerprint density at radius 2 is 2.00 bits per heavy atom. The lowest BCUT2D eigenvalue weighted by Gasteiger charge is -2.39. The molecule has 0 amide bonds. The molecule has 1 atom stereocenters. The number of unbranched alkanes of at least 4 members (excludes halogenated alkanes) is 2. The maximum absolute atomic E-state index is 3.48. The molecular formula is C12H25BrN2. The van der Waals surface area contributed by atoms with Crippen molar-refractivity contribution >= 4 is 15.9 Å². The van der Waals surface area contributed by atoms with E-state index in [4.69, 9.17) is 0 Å². The number of alkyl halides is 1. The lowest BCUT2D eigenvalue weighted by molar-refractivity contribution is 0.0870. The maximum atomic E-state index is 3.48. The molecule has 1 aliphatic heterocycles. The normalized spacial score (nSPS) is 24.6. The number of likely N-dealkylation sites (N-methyl/N-ethyl adjacent to an activating group) is 1. The van der Waals surface area contributed by atoms with E-state index in [1.54, 1.807) is 0 Å². The van der Waals surface area contributed by atoms with Gasteiger partial charge in [0.15, 0.2) is 0 Å². The summed E-state index contributed by atoms with van der Waals surface area (Å²) in [6.07, 6.45) is 4.06. The van der Waals surface area contributed by atoms with Crippen molar-refractivity contribution in [2.24, 2.45) is 0 Å². The summed E-state index contributed by atoms with van der Waals surface area (Å²) in [4.78, 5) is 5.21. The Bertz CT molecular complexity index is 164. The van der Waals surface area contributed by atoms with E-state index in [9.17, 15) is 0 Å². The third-order valence-corrected chi connectivity index (χ3v) is 3.92. The highest BCUT2D eigenvalue weighted by atomic mass is 79.9. The number of hydrogen-bond donors (Lipinski definition) is 0. The molecule has 0 radical (unpaired) electrons. The molecular weight excluding hydrogens is 252 g/mol. The lowest BCUT2D eigenvalue weighted by atomic mass is 10.1. The van der Waals surface area contributed by atoms with Crippen LogP contribution >= 0.6 is 15.9 Å². The van der Waals surface area contributed by atoms with Crippen molar-refractivity contribution in [2.75, 3.05) is 38.1 Å². The van der Waals surface area contributed by atoms with Crippen LogP contribution in [0, 0.1) is 0 Å². The van der Waals surface area contributed by atoms with Gasteiger partial charge in [-0.2, -0.15) is 0 Å². The highest BCUT2D eigenvalue weighted by Crippen LogP contribution is 2.10. The highest BCUT2D eigenvalue weighted by Gasteiger charge is 2.21. The predicted molar refractivity (Wildman–Crippen MR) is 70.8 cm³/mol. The Balaban J connectivity index is 2.11. The molecule has 0 saturated carbocycles. The van der Waals surface area contributed by atoms with E-state index in [1.807, 2.05) is 0 Å². The van der Waals surface area contributed by atoms with E-state index < -0.39 is 0 Å². The van der Waals surface area contributed by atoms with Crippen LogP contribution in [0.4, 0.5) is 0 Å². The standard InChI is InChI=1S/C12H25BrN2/c1-3-15-10-9-14(11-12(15)2)8-6-4-5-7-13/h12H,3-11H2,1-2H3. The molecule has 0 aromatic carbocycles. The van der Waals surface area contributed by atoms with E-state index in [1.165, 1.54) is 52.0 Å². The molecule has 15 heavy (non-hydrogen) atoms. The fraction of sp³-hybridized carbons (Fsp3) is 1.00. The molecule has 1 heterocycles. The fourth-order valence-electron chi connectivity index (χ4n) is 2.35. The lowest BCUT2D eigenvalue weighted by Crippen LogP contribution is -2.51. The van der Waals surface area contributed by atoms with Crippen LogP contribution in [0.5, 0.6) is 0 Å². The Morgan fingerprint density at radius 1 is 1.20 bits per heavy atom. The number of piperazine rings is 1. The Hall–Kier alpha value is 0.400. The predicted octanol–water partition coefficient (Wildman–Crippen LogP) is 2.58. The summed E-state index contributed by atoms with van der Waals surface area (Å²) < 4.78 is 0. The summed E-state index contributed by atoms with van der Waals surface area (Å²) in [5, 5.41) is 1.16. The molecule has 0 spiro atoms. The zero-order valence-electron chi connectivity index (χ0n) is 10.2. The smallest absolute Gasteiger partial charge is 0.0195 e. The van der Waals surface area contributed by atoms with Crippen LogP contribution in [-0.2, 0) is 0 Å². The van der Waals surface area contributed by atoms with Gasteiger partial charge in [-0.1, -0.05) is 29.3 Å². The first kappa shape index (κ1) is 13.5. The highest BCUT2D eigenvalue weighted by molar-refractivity contribution is 9.09. The summed E-state index contributed by atoms with van der Waals surface area (Å²) in [7, 11) is 0. The van der Waals surface area contributed by atoms with Crippen LogP contribution < -0.4 is 0 Å². The number of rotatable bonds is 6. The van der Waals surface area contributed by atoms with Crippen molar-refractivity contribution in [3.63, 3.8) is 0 Å². The monoisotopic (exact) mass is 276 g/mol. The average molecular weight is 277 g/mol. The largest absolute Gasteiger partial charge is 0.301 e. The first-order valence-electron chi connectivity index (χ1n) is 6.30. The first-order chi connectivity index (χ1) is 7.27. The van der Waals surface area contributed by atoms with Crippen molar-refractivity contribution in [1.29, 1.82) is 0 Å². The number of halogens is 1. The second-order valence-corrected chi connectivity index (χ2v) is 5.32. The minimum atomic E-state index is 0.750. The van der Waals surface area contributed by atoms with Crippen molar-refractivity contribution in [2.45, 2.75) is 39.2 Å². The Kier molecular flexibility index (Phi) is 6.86. The van der Waals surface area contributed by atoms with Crippen molar-refractivity contribution < 1.29 is 0 Å². The van der Waals surface area contributed by atoms with Crippen LogP contribution in [0.25, 0.3) is 0 Å². The molecule has 1 saturated heterocycles. The van der Waals surface area contributed by atoms with Gasteiger partial charge in [0, 0.05) is 31.0 Å². The fourth-order valence-corrected chi connectivity index (χ4v) is 2.75. The van der Waals surface area contributed by atoms with Gasteiger partial charge in [-0.25, -0.2) is 0 Å². The number of hydrogen-bond acceptors (Lipinski definition) is 2. The third-order valence-electron chi connectivity index (χ3n) is 3.36. The molecule has 0 N–H and O–H groups in total. The van der Waals surface area contributed by atoms with Crippen molar-refractivity contribution in [1.82, 2.24) is 9.80 Å². The SMILES string of the molecule is CCN1CCN(CCCCCBr)CC1C. The van der Waals surface area contributed by atoms with E-state index in [2.05, 4.69) is 39.6 Å². The van der Waals surface area contributed by atoms with Gasteiger partial charge in [-0.3, -0.25) is 4.90 Å². The van der Waals surface area contributed by atoms with Gasteiger partial charge in [-0.05, 0) is 32.9 Å². The molecule has 3 heteroatoms. The van der Waals surface area contributed by atoms with Crippen LogP contribution in [0.1, 0.15) is 33.1 Å². The van der Waals surface area contributed by atoms with Crippen LogP contribution in [0.2, 0.25) is 0 Å². The van der Waals surface area contributed by atoms with Crippen molar-refractivity contribution in [3.8, 4) is 0 Å². The Morgan fingerprint density at radius 3 is 2.60 bits per heavy atom. The molecule has 0 bridgehead atoms. The van der Waals surface area contributed by atoms with Gasteiger partial charge in [0.2, 0.25) is 0 Å². The molecule has 0 aromatic heterocycles. The van der Waals surface area contributed by atoms with Gasteiger partial charge in [0.05, 0.1) is 0 Å². The second-order valence-electron chi connectivity index (χ2n) is 4.53. The van der Waals surface area contributed by atoms with Gasteiger partial charge in [0.25, 0.3) is 0 Å². The molecule has 1 fully saturated rings. The maximum Gasteiger partial charge on any atom is 0.0195 e. The van der Waals surface area contributed by atoms with Crippen LogP contribution in [-0.4, -0.2) is 53.9 Å². The van der Waals surface area contributed by atoms with E-state index in [0.29, 0.717) is 0 Å². The molecule has 90 valence electrons. The summed E-state index contributed by atoms with van der Waals surface area (Å²) in [5.41, 5.74) is 0. The zero-order valence-corrected chi connectivity index (χ0v) is 11.8. The van der Waals surface area contributed by atoms with Gasteiger partial charge < -0.3 is 4.90 Å². The van der Waals surface area contributed by atoms with Gasteiger partial charge in [-0.15, -0.1) is 0 Å². The van der Waals surface area contributed by atoms with Crippen LogP contribution in [0.15, 0.2) is 0 Å². The molecule has 0 aromatic rings. The minimum absolute atomic E-state index is 0.750. The van der Waals surface area contributed by atoms with Gasteiger partial charge >= 0.3 is 0 Å². The molecule has 1 rings (SSSR count). The Labute approximate surface area is 103 Å². The van der Waals surface area contributed by atoms with E-state index in [0.717, 1.165) is 11.4 Å². The molecule has 0 aliphatic carbocycles. The number of nitrogens with zero attached hydrogens (tertiary/aromatic N) is 2. The molecule has 2 nitrogen and oxygen atoms in total. The topological polar surface area (TPSA) is 6.48 Å². The van der Waals surface area contributed by atoms with Gasteiger partial charge in [0.1, 0.15) is 0 Å². The zero-order chi connectivity index (χ0) is 11.1. The summed E-state index contributed by atoms with van der Waals surface area (Å²) in [6.45, 7) is 10.9.